The van der Waals surface area contributed by atoms with Gasteiger partial charge in [-0.2, -0.15) is 0 Å². The number of nitrogens with zero attached hydrogens (tertiary/aromatic N) is 1. The van der Waals surface area contributed by atoms with Crippen LogP contribution in [-0.2, 0) is 14.8 Å². The Balaban J connectivity index is 2.46. The molecule has 0 bridgehead atoms. The van der Waals surface area contributed by atoms with Gasteiger partial charge in [0.15, 0.2) is 0 Å². The molecule has 1 amide bonds. The normalized spacial score (nSPS) is 12.5. The van der Waals surface area contributed by atoms with E-state index in [1.165, 1.54) is 23.9 Å². The summed E-state index contributed by atoms with van der Waals surface area (Å²) in [4.78, 5) is 13.8. The van der Waals surface area contributed by atoms with Gasteiger partial charge in [0.1, 0.15) is 6.04 Å². The van der Waals surface area contributed by atoms with Crippen LogP contribution < -0.4 is 9.62 Å². The molecule has 27 heavy (non-hydrogen) atoms. The third-order valence-corrected chi connectivity index (χ3v) is 6.36. The summed E-state index contributed by atoms with van der Waals surface area (Å²) in [6.07, 6.45) is 3.19. The lowest BCUT2D eigenvalue weighted by Gasteiger charge is -2.31. The fourth-order valence-electron chi connectivity index (χ4n) is 2.65. The number of nitrogens with one attached hydrogen (secondary N) is 1. The van der Waals surface area contributed by atoms with Crippen molar-refractivity contribution in [3.63, 3.8) is 0 Å². The molecule has 0 saturated carbocycles. The molecule has 0 radical (unpaired) electrons. The fraction of sp³-hybridized carbons (Fsp3) is 0.278. The number of sulfonamides is 1. The molecule has 1 N–H and O–H groups in total. The molecule has 2 aromatic rings. The number of carbonyl (C=O) groups excluding carboxylic acids is 1. The Hall–Kier alpha value is -1.41. The summed E-state index contributed by atoms with van der Waals surface area (Å²) in [5.74, 6) is -0.444. The molecule has 5 nitrogen and oxygen atoms in total. The first-order valence-corrected chi connectivity index (χ1v) is 11.9. The molecule has 146 valence electrons. The van der Waals surface area contributed by atoms with Crippen LogP contribution >= 0.6 is 35.0 Å². The molecule has 0 heterocycles. The van der Waals surface area contributed by atoms with E-state index in [1.54, 1.807) is 25.1 Å². The van der Waals surface area contributed by atoms with E-state index in [9.17, 15) is 13.2 Å². The van der Waals surface area contributed by atoms with Gasteiger partial charge in [0.2, 0.25) is 15.9 Å². The Kier molecular flexibility index (Phi) is 7.45. The number of benzene rings is 2. The van der Waals surface area contributed by atoms with Crippen molar-refractivity contribution in [3.8, 4) is 0 Å². The standard InChI is InChI=1S/C18H20Cl2N2O3S2/c1-4-15(18(23)21-14-7-5-6-8-17(14)26-2)22(27(3,24)25)16-11-12(19)9-10-13(16)20/h5-11,15H,4H2,1-3H3,(H,21,23)/t15-/m0/s1. The number of anilines is 2. The highest BCUT2D eigenvalue weighted by Gasteiger charge is 2.33. The molecule has 0 aliphatic heterocycles. The predicted molar refractivity (Wildman–Crippen MR) is 115 cm³/mol. The molecule has 1 atom stereocenters. The van der Waals surface area contributed by atoms with Crippen LogP contribution in [0.15, 0.2) is 47.4 Å². The maximum atomic E-state index is 13.0. The van der Waals surface area contributed by atoms with Crippen LogP contribution in [0.3, 0.4) is 0 Å². The molecule has 0 saturated heterocycles. The topological polar surface area (TPSA) is 66.5 Å². The second kappa shape index (κ2) is 9.19. The van der Waals surface area contributed by atoms with Crippen LogP contribution in [0, 0.1) is 0 Å². The summed E-state index contributed by atoms with van der Waals surface area (Å²) < 4.78 is 26.1. The number of thioether (sulfide) groups is 1. The van der Waals surface area contributed by atoms with Crippen molar-refractivity contribution in [2.24, 2.45) is 0 Å². The van der Waals surface area contributed by atoms with Crippen LogP contribution in [-0.4, -0.2) is 32.9 Å². The zero-order valence-electron chi connectivity index (χ0n) is 15.1. The van der Waals surface area contributed by atoms with Gasteiger partial charge < -0.3 is 5.32 Å². The van der Waals surface area contributed by atoms with E-state index >= 15 is 0 Å². The fourth-order valence-corrected chi connectivity index (χ4v) is 4.85. The van der Waals surface area contributed by atoms with Crippen molar-refractivity contribution in [2.45, 2.75) is 24.3 Å². The highest BCUT2D eigenvalue weighted by Crippen LogP contribution is 2.33. The summed E-state index contributed by atoms with van der Waals surface area (Å²) >= 11 is 13.7. The maximum absolute atomic E-state index is 13.0. The molecular weight excluding hydrogens is 427 g/mol. The Labute approximate surface area is 174 Å². The summed E-state index contributed by atoms with van der Waals surface area (Å²) in [6.45, 7) is 1.74. The van der Waals surface area contributed by atoms with Gasteiger partial charge in [-0.3, -0.25) is 9.10 Å². The second-order valence-electron chi connectivity index (χ2n) is 5.77. The van der Waals surface area contributed by atoms with E-state index in [1.807, 2.05) is 18.4 Å². The number of amides is 1. The first-order valence-electron chi connectivity index (χ1n) is 8.07. The molecule has 0 spiro atoms. The summed E-state index contributed by atoms with van der Waals surface area (Å²) in [5, 5.41) is 3.35. The van der Waals surface area contributed by atoms with Crippen molar-refractivity contribution < 1.29 is 13.2 Å². The van der Waals surface area contributed by atoms with Crippen LogP contribution in [0.2, 0.25) is 10.0 Å². The van der Waals surface area contributed by atoms with Crippen molar-refractivity contribution >= 4 is 62.3 Å². The van der Waals surface area contributed by atoms with Crippen molar-refractivity contribution in [1.29, 1.82) is 0 Å². The molecule has 0 aliphatic carbocycles. The van der Waals surface area contributed by atoms with E-state index in [2.05, 4.69) is 5.32 Å². The van der Waals surface area contributed by atoms with E-state index in [4.69, 9.17) is 23.2 Å². The Bertz CT molecular complexity index is 936. The van der Waals surface area contributed by atoms with Gasteiger partial charge >= 0.3 is 0 Å². The van der Waals surface area contributed by atoms with Crippen molar-refractivity contribution in [1.82, 2.24) is 0 Å². The van der Waals surface area contributed by atoms with E-state index < -0.39 is 22.0 Å². The van der Waals surface area contributed by atoms with E-state index in [0.29, 0.717) is 10.7 Å². The third kappa shape index (κ3) is 5.31. The predicted octanol–water partition coefficient (Wildman–Crippen LogP) is 4.90. The van der Waals surface area contributed by atoms with Gasteiger partial charge in [-0.05, 0) is 43.0 Å². The minimum atomic E-state index is -3.80. The SMILES string of the molecule is CC[C@@H](C(=O)Nc1ccccc1SC)N(c1cc(Cl)ccc1Cl)S(C)(=O)=O. The first-order chi connectivity index (χ1) is 12.7. The summed E-state index contributed by atoms with van der Waals surface area (Å²) in [6, 6.07) is 10.8. The quantitative estimate of drug-likeness (QED) is 0.614. The number of para-hydroxylation sites is 1. The van der Waals surface area contributed by atoms with Gasteiger partial charge in [0.25, 0.3) is 0 Å². The average Bonchev–Trinajstić information content (AvgIpc) is 2.61. The number of carbonyl (C=O) groups is 1. The molecule has 0 aromatic heterocycles. The van der Waals surface area contributed by atoms with Gasteiger partial charge in [-0.1, -0.05) is 42.3 Å². The number of halogens is 2. The molecule has 9 heteroatoms. The Morgan fingerprint density at radius 1 is 1.22 bits per heavy atom. The van der Waals surface area contributed by atoms with E-state index in [-0.39, 0.29) is 17.1 Å². The van der Waals surface area contributed by atoms with Gasteiger partial charge in [-0.15, -0.1) is 11.8 Å². The molecule has 2 aromatic carbocycles. The Morgan fingerprint density at radius 2 is 1.89 bits per heavy atom. The summed E-state index contributed by atoms with van der Waals surface area (Å²) in [7, 11) is -3.80. The number of rotatable bonds is 7. The van der Waals surface area contributed by atoms with Crippen molar-refractivity contribution in [2.75, 3.05) is 22.1 Å². The maximum Gasteiger partial charge on any atom is 0.248 e. The van der Waals surface area contributed by atoms with E-state index in [0.717, 1.165) is 15.5 Å². The number of hydrogen-bond acceptors (Lipinski definition) is 4. The molecule has 0 fully saturated rings. The zero-order valence-corrected chi connectivity index (χ0v) is 18.2. The summed E-state index contributed by atoms with van der Waals surface area (Å²) in [5.41, 5.74) is 0.797. The lowest BCUT2D eigenvalue weighted by Crippen LogP contribution is -2.47. The van der Waals surface area contributed by atoms with Gasteiger partial charge in [0.05, 0.1) is 22.7 Å². The largest absolute Gasteiger partial charge is 0.323 e. The molecule has 2 rings (SSSR count). The minimum Gasteiger partial charge on any atom is -0.323 e. The smallest absolute Gasteiger partial charge is 0.248 e. The Morgan fingerprint density at radius 3 is 2.48 bits per heavy atom. The van der Waals surface area contributed by atoms with Crippen LogP contribution in [0.4, 0.5) is 11.4 Å². The first kappa shape index (κ1) is 21.9. The monoisotopic (exact) mass is 446 g/mol. The second-order valence-corrected chi connectivity index (χ2v) is 9.32. The lowest BCUT2D eigenvalue weighted by atomic mass is 10.1. The average molecular weight is 447 g/mol. The highest BCUT2D eigenvalue weighted by molar-refractivity contribution is 7.98. The zero-order chi connectivity index (χ0) is 20.2. The van der Waals surface area contributed by atoms with Crippen LogP contribution in [0.5, 0.6) is 0 Å². The lowest BCUT2D eigenvalue weighted by molar-refractivity contribution is -0.117. The van der Waals surface area contributed by atoms with Gasteiger partial charge in [0, 0.05) is 9.92 Å². The number of hydrogen-bond donors (Lipinski definition) is 1. The molecule has 0 aliphatic rings. The molecular formula is C18H20Cl2N2O3S2. The minimum absolute atomic E-state index is 0.173. The third-order valence-electron chi connectivity index (χ3n) is 3.84. The van der Waals surface area contributed by atoms with Crippen LogP contribution in [0.1, 0.15) is 13.3 Å². The van der Waals surface area contributed by atoms with Gasteiger partial charge in [-0.25, -0.2) is 8.42 Å². The van der Waals surface area contributed by atoms with Crippen molar-refractivity contribution in [3.05, 3.63) is 52.5 Å². The highest BCUT2D eigenvalue weighted by atomic mass is 35.5. The van der Waals surface area contributed by atoms with Crippen LogP contribution in [0.25, 0.3) is 0 Å². The molecule has 0 unspecified atom stereocenters.